The lowest BCUT2D eigenvalue weighted by Crippen LogP contribution is -2.08. The van der Waals surface area contributed by atoms with Crippen molar-refractivity contribution in [3.8, 4) is 0 Å². The maximum absolute atomic E-state index is 10.4. The first-order valence-corrected chi connectivity index (χ1v) is 4.09. The van der Waals surface area contributed by atoms with Crippen LogP contribution in [0.3, 0.4) is 0 Å². The van der Waals surface area contributed by atoms with Crippen LogP contribution in [0.15, 0.2) is 24.3 Å². The Balaban J connectivity index is 2.98. The van der Waals surface area contributed by atoms with Crippen LogP contribution in [0.25, 0.3) is 0 Å². The number of nitro benzene ring substituents is 1. The molecule has 0 spiro atoms. The van der Waals surface area contributed by atoms with Gasteiger partial charge in [-0.15, -0.1) is 0 Å². The molecule has 0 bridgehead atoms. The molecule has 0 heterocycles. The van der Waals surface area contributed by atoms with Crippen molar-refractivity contribution in [1.82, 2.24) is 0 Å². The van der Waals surface area contributed by atoms with E-state index in [1.807, 2.05) is 13.0 Å². The number of nitrogens with two attached hydrogens (primary N) is 1. The molecule has 70 valence electrons. The van der Waals surface area contributed by atoms with Crippen LogP contribution in [0.5, 0.6) is 0 Å². The minimum atomic E-state index is -0.396. The van der Waals surface area contributed by atoms with Crippen molar-refractivity contribution < 1.29 is 4.92 Å². The number of non-ortho nitro benzene ring substituents is 1. The van der Waals surface area contributed by atoms with Gasteiger partial charge in [0, 0.05) is 12.1 Å². The van der Waals surface area contributed by atoms with Crippen molar-refractivity contribution >= 4 is 5.69 Å². The molecule has 0 saturated carbocycles. The third kappa shape index (κ3) is 2.26. The molecule has 0 amide bonds. The molecule has 0 aromatic heterocycles. The second-order valence-electron chi connectivity index (χ2n) is 2.99. The van der Waals surface area contributed by atoms with Crippen LogP contribution in [-0.2, 0) is 0 Å². The van der Waals surface area contributed by atoms with Crippen LogP contribution >= 0.6 is 0 Å². The number of nitrogens with zero attached hydrogens (tertiary/aromatic N) is 1. The summed E-state index contributed by atoms with van der Waals surface area (Å²) in [5, 5.41) is 10.4. The molecular weight excluding hydrogens is 168 g/mol. The van der Waals surface area contributed by atoms with Crippen LogP contribution in [0.2, 0.25) is 0 Å². The molecule has 4 heteroatoms. The summed E-state index contributed by atoms with van der Waals surface area (Å²) in [5.74, 6) is 0.167. The number of hydrogen-bond acceptors (Lipinski definition) is 3. The number of rotatable bonds is 3. The first kappa shape index (κ1) is 9.67. The van der Waals surface area contributed by atoms with Crippen molar-refractivity contribution in [2.75, 3.05) is 6.54 Å². The van der Waals surface area contributed by atoms with Crippen LogP contribution < -0.4 is 5.73 Å². The Labute approximate surface area is 76.5 Å². The highest BCUT2D eigenvalue weighted by atomic mass is 16.6. The fraction of sp³-hybridized carbons (Fsp3) is 0.333. The van der Waals surface area contributed by atoms with E-state index >= 15 is 0 Å². The molecule has 0 radical (unpaired) electrons. The van der Waals surface area contributed by atoms with E-state index in [0.717, 1.165) is 5.56 Å². The van der Waals surface area contributed by atoms with Crippen LogP contribution in [-0.4, -0.2) is 11.5 Å². The lowest BCUT2D eigenvalue weighted by Gasteiger charge is -2.07. The summed E-state index contributed by atoms with van der Waals surface area (Å²) in [6.45, 7) is 2.44. The Bertz CT molecular complexity index is 312. The van der Waals surface area contributed by atoms with E-state index in [1.165, 1.54) is 6.07 Å². The normalized spacial score (nSPS) is 12.5. The van der Waals surface area contributed by atoms with Gasteiger partial charge in [0.2, 0.25) is 0 Å². The zero-order chi connectivity index (χ0) is 9.84. The predicted molar refractivity (Wildman–Crippen MR) is 50.6 cm³/mol. The van der Waals surface area contributed by atoms with E-state index in [4.69, 9.17) is 5.73 Å². The average molecular weight is 180 g/mol. The first-order valence-electron chi connectivity index (χ1n) is 4.09. The monoisotopic (exact) mass is 180 g/mol. The van der Waals surface area contributed by atoms with Gasteiger partial charge < -0.3 is 5.73 Å². The van der Waals surface area contributed by atoms with E-state index in [-0.39, 0.29) is 11.6 Å². The maximum atomic E-state index is 10.4. The topological polar surface area (TPSA) is 69.2 Å². The highest BCUT2D eigenvalue weighted by Gasteiger charge is 2.08. The van der Waals surface area contributed by atoms with Gasteiger partial charge in [0.15, 0.2) is 0 Å². The van der Waals surface area contributed by atoms with Gasteiger partial charge in [-0.2, -0.15) is 0 Å². The second-order valence-corrected chi connectivity index (χ2v) is 2.99. The van der Waals surface area contributed by atoms with Gasteiger partial charge in [0.1, 0.15) is 0 Å². The first-order chi connectivity index (χ1) is 6.15. The molecule has 1 rings (SSSR count). The lowest BCUT2D eigenvalue weighted by molar-refractivity contribution is -0.384. The van der Waals surface area contributed by atoms with Gasteiger partial charge in [-0.25, -0.2) is 0 Å². The third-order valence-electron chi connectivity index (χ3n) is 2.00. The zero-order valence-corrected chi connectivity index (χ0v) is 7.43. The molecular formula is C9H12N2O2. The lowest BCUT2D eigenvalue weighted by atomic mass is 10.0. The molecule has 0 aliphatic rings. The third-order valence-corrected chi connectivity index (χ3v) is 2.00. The van der Waals surface area contributed by atoms with Gasteiger partial charge in [-0.3, -0.25) is 10.1 Å². The Hall–Kier alpha value is -1.42. The van der Waals surface area contributed by atoms with Crippen LogP contribution in [0.4, 0.5) is 5.69 Å². The second kappa shape index (κ2) is 4.00. The summed E-state index contributed by atoms with van der Waals surface area (Å²) in [6.07, 6.45) is 0. The van der Waals surface area contributed by atoms with E-state index in [9.17, 15) is 10.1 Å². The van der Waals surface area contributed by atoms with Gasteiger partial charge in [-0.05, 0) is 18.0 Å². The molecule has 0 fully saturated rings. The van der Waals surface area contributed by atoms with Crippen molar-refractivity contribution in [2.24, 2.45) is 5.73 Å². The number of nitro groups is 1. The van der Waals surface area contributed by atoms with Gasteiger partial charge in [0.05, 0.1) is 4.92 Å². The summed E-state index contributed by atoms with van der Waals surface area (Å²) >= 11 is 0. The maximum Gasteiger partial charge on any atom is 0.269 e. The molecule has 13 heavy (non-hydrogen) atoms. The standard InChI is InChI=1S/C9H12N2O2/c1-7(6-10)8-3-2-4-9(5-8)11(12)13/h2-5,7H,6,10H2,1H3/t7-/m1/s1. The van der Waals surface area contributed by atoms with Gasteiger partial charge in [-0.1, -0.05) is 19.1 Å². The Kier molecular flexibility index (Phi) is 2.97. The number of hydrogen-bond donors (Lipinski definition) is 1. The molecule has 1 aromatic rings. The molecule has 1 atom stereocenters. The fourth-order valence-corrected chi connectivity index (χ4v) is 1.08. The van der Waals surface area contributed by atoms with Gasteiger partial charge >= 0.3 is 0 Å². The predicted octanol–water partition coefficient (Wildman–Crippen LogP) is 1.66. The summed E-state index contributed by atoms with van der Waals surface area (Å²) in [7, 11) is 0. The SMILES string of the molecule is C[C@H](CN)c1cccc([N+](=O)[O-])c1. The van der Waals surface area contributed by atoms with E-state index in [2.05, 4.69) is 0 Å². The quantitative estimate of drug-likeness (QED) is 0.568. The molecule has 2 N–H and O–H groups in total. The minimum Gasteiger partial charge on any atom is -0.330 e. The zero-order valence-electron chi connectivity index (χ0n) is 7.43. The van der Waals surface area contributed by atoms with Crippen molar-refractivity contribution in [3.63, 3.8) is 0 Å². The Morgan fingerprint density at radius 1 is 1.62 bits per heavy atom. The Morgan fingerprint density at radius 3 is 2.85 bits per heavy atom. The largest absolute Gasteiger partial charge is 0.330 e. The molecule has 0 saturated heterocycles. The molecule has 0 aliphatic heterocycles. The van der Waals surface area contributed by atoms with Gasteiger partial charge in [0.25, 0.3) is 5.69 Å². The highest BCUT2D eigenvalue weighted by molar-refractivity contribution is 5.35. The van der Waals surface area contributed by atoms with Crippen LogP contribution in [0.1, 0.15) is 18.4 Å². The van der Waals surface area contributed by atoms with Crippen LogP contribution in [0, 0.1) is 10.1 Å². The molecule has 1 aromatic carbocycles. The Morgan fingerprint density at radius 2 is 2.31 bits per heavy atom. The summed E-state index contributed by atoms with van der Waals surface area (Å²) in [4.78, 5) is 10.0. The molecule has 0 unspecified atom stereocenters. The smallest absolute Gasteiger partial charge is 0.269 e. The van der Waals surface area contributed by atoms with E-state index in [1.54, 1.807) is 12.1 Å². The molecule has 0 aliphatic carbocycles. The highest BCUT2D eigenvalue weighted by Crippen LogP contribution is 2.19. The van der Waals surface area contributed by atoms with E-state index in [0.29, 0.717) is 6.54 Å². The number of benzene rings is 1. The summed E-state index contributed by atoms with van der Waals surface area (Å²) in [6, 6.07) is 6.58. The summed E-state index contributed by atoms with van der Waals surface area (Å²) < 4.78 is 0. The summed E-state index contributed by atoms with van der Waals surface area (Å²) in [5.41, 5.74) is 6.50. The molecule has 4 nitrogen and oxygen atoms in total. The fourth-order valence-electron chi connectivity index (χ4n) is 1.08. The average Bonchev–Trinajstić information content (AvgIpc) is 2.17. The van der Waals surface area contributed by atoms with Crippen molar-refractivity contribution in [1.29, 1.82) is 0 Å². The minimum absolute atomic E-state index is 0.123. The van der Waals surface area contributed by atoms with E-state index < -0.39 is 4.92 Å². The van der Waals surface area contributed by atoms with Crippen molar-refractivity contribution in [3.05, 3.63) is 39.9 Å². The van der Waals surface area contributed by atoms with Crippen molar-refractivity contribution in [2.45, 2.75) is 12.8 Å².